The van der Waals surface area contributed by atoms with E-state index in [0.717, 1.165) is 35.5 Å². The van der Waals surface area contributed by atoms with Crippen LogP contribution in [0.4, 0.5) is 11.6 Å². The summed E-state index contributed by atoms with van der Waals surface area (Å²) in [4.78, 5) is 9.45. The first-order valence-corrected chi connectivity index (χ1v) is 8.02. The van der Waals surface area contributed by atoms with Crippen molar-refractivity contribution < 1.29 is 0 Å². The number of anilines is 2. The molecule has 108 valence electrons. The molecule has 1 aromatic rings. The van der Waals surface area contributed by atoms with Crippen LogP contribution in [-0.4, -0.2) is 23.6 Å². The zero-order valence-electron chi connectivity index (χ0n) is 12.5. The van der Waals surface area contributed by atoms with Gasteiger partial charge in [0.2, 0.25) is 0 Å². The van der Waals surface area contributed by atoms with Gasteiger partial charge in [0, 0.05) is 25.1 Å². The maximum Gasteiger partial charge on any atom is 0.136 e. The molecule has 0 atom stereocenters. The van der Waals surface area contributed by atoms with Gasteiger partial charge in [-0.15, -0.1) is 0 Å². The second-order valence-corrected chi connectivity index (χ2v) is 6.92. The lowest BCUT2D eigenvalue weighted by atomic mass is 10.0. The van der Waals surface area contributed by atoms with E-state index in [4.69, 9.17) is 4.98 Å². The van der Waals surface area contributed by atoms with Gasteiger partial charge in [0.1, 0.15) is 17.5 Å². The third-order valence-electron chi connectivity index (χ3n) is 5.29. The van der Waals surface area contributed by atoms with Crippen LogP contribution in [0.3, 0.4) is 0 Å². The van der Waals surface area contributed by atoms with Crippen LogP contribution in [0.25, 0.3) is 0 Å². The number of aromatic nitrogens is 2. The highest BCUT2D eigenvalue weighted by molar-refractivity contribution is 5.57. The Labute approximate surface area is 120 Å². The topological polar surface area (TPSA) is 49.8 Å². The van der Waals surface area contributed by atoms with Crippen molar-refractivity contribution in [3.05, 3.63) is 11.4 Å². The summed E-state index contributed by atoms with van der Waals surface area (Å²) >= 11 is 0. The molecule has 4 nitrogen and oxygen atoms in total. The Morgan fingerprint density at radius 2 is 1.80 bits per heavy atom. The molecule has 0 radical (unpaired) electrons. The SMILES string of the molecule is CNc1nc(C2CC2)nc(NCC2(C3CC3)CC2)c1C. The second kappa shape index (κ2) is 4.34. The standard InChI is InChI=1S/C16H24N4/c1-10-13(17-2)19-15(11-3-4-11)20-14(10)18-9-16(7-8-16)12-5-6-12/h11-12H,3-9H2,1-2H3,(H2,17,18,19,20). The molecule has 2 N–H and O–H groups in total. The van der Waals surface area contributed by atoms with Crippen molar-refractivity contribution in [2.24, 2.45) is 11.3 Å². The minimum Gasteiger partial charge on any atom is -0.373 e. The van der Waals surface area contributed by atoms with Crippen molar-refractivity contribution in [3.8, 4) is 0 Å². The Bertz CT molecular complexity index is 528. The zero-order valence-corrected chi connectivity index (χ0v) is 12.5. The van der Waals surface area contributed by atoms with Crippen LogP contribution >= 0.6 is 0 Å². The van der Waals surface area contributed by atoms with Crippen LogP contribution < -0.4 is 10.6 Å². The summed E-state index contributed by atoms with van der Waals surface area (Å²) < 4.78 is 0. The zero-order chi connectivity index (χ0) is 13.7. The fraction of sp³-hybridized carbons (Fsp3) is 0.750. The van der Waals surface area contributed by atoms with Gasteiger partial charge >= 0.3 is 0 Å². The minimum atomic E-state index is 0.599. The first-order valence-electron chi connectivity index (χ1n) is 8.02. The summed E-state index contributed by atoms with van der Waals surface area (Å²) in [7, 11) is 1.95. The van der Waals surface area contributed by atoms with Gasteiger partial charge in [0.25, 0.3) is 0 Å². The van der Waals surface area contributed by atoms with Gasteiger partial charge in [0.05, 0.1) is 0 Å². The fourth-order valence-corrected chi connectivity index (χ4v) is 3.32. The van der Waals surface area contributed by atoms with E-state index in [1.807, 2.05) is 7.05 Å². The van der Waals surface area contributed by atoms with Crippen LogP contribution in [0.2, 0.25) is 0 Å². The third-order valence-corrected chi connectivity index (χ3v) is 5.29. The fourth-order valence-electron chi connectivity index (χ4n) is 3.32. The van der Waals surface area contributed by atoms with Crippen molar-refractivity contribution in [3.63, 3.8) is 0 Å². The van der Waals surface area contributed by atoms with E-state index >= 15 is 0 Å². The maximum atomic E-state index is 4.79. The molecule has 20 heavy (non-hydrogen) atoms. The molecule has 3 aliphatic rings. The summed E-state index contributed by atoms with van der Waals surface area (Å²) in [5.74, 6) is 4.66. The molecular formula is C16H24N4. The predicted molar refractivity (Wildman–Crippen MR) is 81.2 cm³/mol. The summed E-state index contributed by atoms with van der Waals surface area (Å²) in [6.45, 7) is 3.21. The number of nitrogens with one attached hydrogen (secondary N) is 2. The molecular weight excluding hydrogens is 248 g/mol. The Morgan fingerprint density at radius 3 is 2.35 bits per heavy atom. The molecule has 3 fully saturated rings. The highest BCUT2D eigenvalue weighted by atomic mass is 15.1. The minimum absolute atomic E-state index is 0.599. The van der Waals surface area contributed by atoms with Crippen molar-refractivity contribution >= 4 is 11.6 Å². The average Bonchev–Trinajstić information content (AvgIpc) is 3.28. The van der Waals surface area contributed by atoms with E-state index in [1.165, 1.54) is 38.5 Å². The smallest absolute Gasteiger partial charge is 0.136 e. The Morgan fingerprint density at radius 1 is 1.10 bits per heavy atom. The average molecular weight is 272 g/mol. The lowest BCUT2D eigenvalue weighted by Gasteiger charge is -2.18. The second-order valence-electron chi connectivity index (χ2n) is 6.92. The van der Waals surface area contributed by atoms with Gasteiger partial charge in [-0.3, -0.25) is 0 Å². The van der Waals surface area contributed by atoms with Crippen molar-refractivity contribution in [2.45, 2.75) is 51.4 Å². The van der Waals surface area contributed by atoms with Crippen LogP contribution in [0, 0.1) is 18.3 Å². The summed E-state index contributed by atoms with van der Waals surface area (Å²) in [5.41, 5.74) is 1.76. The van der Waals surface area contributed by atoms with E-state index in [1.54, 1.807) is 0 Å². The Balaban J connectivity index is 1.54. The third kappa shape index (κ3) is 2.15. The van der Waals surface area contributed by atoms with Crippen LogP contribution in [0.5, 0.6) is 0 Å². The molecule has 0 aromatic carbocycles. The van der Waals surface area contributed by atoms with Gasteiger partial charge in [-0.2, -0.15) is 0 Å². The molecule has 1 heterocycles. The summed E-state index contributed by atoms with van der Waals surface area (Å²) in [5, 5.41) is 6.86. The van der Waals surface area contributed by atoms with Crippen molar-refractivity contribution in [1.29, 1.82) is 0 Å². The molecule has 0 unspecified atom stereocenters. The molecule has 4 heteroatoms. The molecule has 3 aliphatic carbocycles. The van der Waals surface area contributed by atoms with E-state index in [2.05, 4.69) is 22.5 Å². The molecule has 3 saturated carbocycles. The molecule has 0 spiro atoms. The predicted octanol–water partition coefficient (Wildman–Crippen LogP) is 3.31. The van der Waals surface area contributed by atoms with Gasteiger partial charge < -0.3 is 10.6 Å². The van der Waals surface area contributed by atoms with E-state index in [-0.39, 0.29) is 0 Å². The van der Waals surface area contributed by atoms with Crippen LogP contribution in [0.15, 0.2) is 0 Å². The Kier molecular flexibility index (Phi) is 2.69. The number of hydrogen-bond donors (Lipinski definition) is 2. The normalized spacial score (nSPS) is 23.5. The highest BCUT2D eigenvalue weighted by Gasteiger charge is 2.53. The van der Waals surface area contributed by atoms with E-state index in [0.29, 0.717) is 11.3 Å². The van der Waals surface area contributed by atoms with E-state index in [9.17, 15) is 0 Å². The van der Waals surface area contributed by atoms with Crippen molar-refractivity contribution in [1.82, 2.24) is 9.97 Å². The molecule has 0 saturated heterocycles. The first kappa shape index (κ1) is 12.4. The number of nitrogens with zero attached hydrogens (tertiary/aromatic N) is 2. The van der Waals surface area contributed by atoms with Crippen LogP contribution in [-0.2, 0) is 0 Å². The molecule has 0 aliphatic heterocycles. The van der Waals surface area contributed by atoms with Crippen LogP contribution in [0.1, 0.15) is 55.8 Å². The number of hydrogen-bond acceptors (Lipinski definition) is 4. The molecule has 1 aromatic heterocycles. The van der Waals surface area contributed by atoms with Gasteiger partial charge in [-0.1, -0.05) is 0 Å². The van der Waals surface area contributed by atoms with Crippen molar-refractivity contribution in [2.75, 3.05) is 24.2 Å². The summed E-state index contributed by atoms with van der Waals surface area (Å²) in [6.07, 6.45) is 8.20. The lowest BCUT2D eigenvalue weighted by Crippen LogP contribution is -2.19. The van der Waals surface area contributed by atoms with Gasteiger partial charge in [0.15, 0.2) is 0 Å². The molecule has 4 rings (SSSR count). The first-order chi connectivity index (χ1) is 9.72. The Hall–Kier alpha value is -1.32. The maximum absolute atomic E-state index is 4.79. The largest absolute Gasteiger partial charge is 0.373 e. The lowest BCUT2D eigenvalue weighted by molar-refractivity contribution is 0.466. The molecule has 0 bridgehead atoms. The molecule has 0 amide bonds. The van der Waals surface area contributed by atoms with Gasteiger partial charge in [-0.05, 0) is 56.8 Å². The quantitative estimate of drug-likeness (QED) is 0.834. The van der Waals surface area contributed by atoms with Gasteiger partial charge in [-0.25, -0.2) is 9.97 Å². The number of rotatable bonds is 6. The van der Waals surface area contributed by atoms with E-state index < -0.39 is 0 Å². The monoisotopic (exact) mass is 272 g/mol. The highest BCUT2D eigenvalue weighted by Crippen LogP contribution is 2.61. The summed E-state index contributed by atoms with van der Waals surface area (Å²) in [6, 6.07) is 0.